The van der Waals surface area contributed by atoms with Crippen molar-refractivity contribution in [2.75, 3.05) is 35.9 Å². The van der Waals surface area contributed by atoms with Gasteiger partial charge in [0.05, 0.1) is 29.4 Å². The topological polar surface area (TPSA) is 95.9 Å². The first-order valence-electron chi connectivity index (χ1n) is 7.85. The van der Waals surface area contributed by atoms with Gasteiger partial charge in [0.1, 0.15) is 0 Å². The van der Waals surface area contributed by atoms with Crippen molar-refractivity contribution < 1.29 is 23.1 Å². The third-order valence-electron chi connectivity index (χ3n) is 3.95. The monoisotopic (exact) mass is 440 g/mol. The number of sulfonamides is 1. The second-order valence-electron chi connectivity index (χ2n) is 5.70. The second-order valence-corrected chi connectivity index (χ2v) is 8.24. The number of benzene rings is 2. The summed E-state index contributed by atoms with van der Waals surface area (Å²) in [4.78, 5) is 13.2. The number of nitrogens with zero attached hydrogens (tertiary/aromatic N) is 1. The molecule has 0 spiro atoms. The molecule has 3 rings (SSSR count). The zero-order chi connectivity index (χ0) is 18.7. The van der Waals surface area contributed by atoms with Crippen LogP contribution in [0.4, 0.5) is 11.4 Å². The minimum atomic E-state index is -3.91. The van der Waals surface area contributed by atoms with Crippen molar-refractivity contribution in [2.45, 2.75) is 4.90 Å². The number of nitrogens with one attached hydrogen (secondary N) is 1. The van der Waals surface area contributed by atoms with Crippen LogP contribution >= 0.6 is 15.9 Å². The van der Waals surface area contributed by atoms with Gasteiger partial charge in [0.15, 0.2) is 0 Å². The molecule has 26 heavy (non-hydrogen) atoms. The molecule has 0 aromatic heterocycles. The Bertz CT molecular complexity index is 927. The lowest BCUT2D eigenvalue weighted by atomic mass is 10.2. The molecule has 0 bridgehead atoms. The molecule has 0 aliphatic carbocycles. The molecule has 0 unspecified atom stereocenters. The highest BCUT2D eigenvalue weighted by Gasteiger charge is 2.19. The molecular formula is C17H17BrN2O5S. The van der Waals surface area contributed by atoms with Gasteiger partial charge in [-0.05, 0) is 52.3 Å². The van der Waals surface area contributed by atoms with Crippen molar-refractivity contribution in [1.82, 2.24) is 0 Å². The van der Waals surface area contributed by atoms with Gasteiger partial charge in [0, 0.05) is 23.2 Å². The highest BCUT2D eigenvalue weighted by atomic mass is 79.9. The Labute approximate surface area is 159 Å². The van der Waals surface area contributed by atoms with Gasteiger partial charge in [-0.2, -0.15) is 0 Å². The molecule has 2 aromatic carbocycles. The molecule has 0 saturated carbocycles. The summed E-state index contributed by atoms with van der Waals surface area (Å²) in [6.07, 6.45) is 0. The van der Waals surface area contributed by atoms with E-state index in [9.17, 15) is 13.2 Å². The van der Waals surface area contributed by atoms with Crippen molar-refractivity contribution in [2.24, 2.45) is 0 Å². The van der Waals surface area contributed by atoms with E-state index in [0.29, 0.717) is 23.4 Å². The predicted molar refractivity (Wildman–Crippen MR) is 101 cm³/mol. The van der Waals surface area contributed by atoms with E-state index in [1.54, 1.807) is 18.2 Å². The van der Waals surface area contributed by atoms with Gasteiger partial charge in [-0.15, -0.1) is 0 Å². The van der Waals surface area contributed by atoms with E-state index in [1.165, 1.54) is 12.1 Å². The summed E-state index contributed by atoms with van der Waals surface area (Å²) < 4.78 is 33.4. The van der Waals surface area contributed by atoms with Crippen LogP contribution in [0.15, 0.2) is 51.8 Å². The fourth-order valence-corrected chi connectivity index (χ4v) is 4.13. The molecule has 1 saturated heterocycles. The summed E-state index contributed by atoms with van der Waals surface area (Å²) in [5.74, 6) is -1.21. The quantitative estimate of drug-likeness (QED) is 0.741. The maximum atomic E-state index is 12.6. The Morgan fingerprint density at radius 3 is 2.58 bits per heavy atom. The third kappa shape index (κ3) is 4.17. The molecule has 0 amide bonds. The largest absolute Gasteiger partial charge is 0.478 e. The van der Waals surface area contributed by atoms with Crippen LogP contribution in [-0.4, -0.2) is 45.8 Å². The van der Waals surface area contributed by atoms with Crippen LogP contribution in [-0.2, 0) is 14.8 Å². The second kappa shape index (κ2) is 7.65. The fourth-order valence-electron chi connectivity index (χ4n) is 2.64. The van der Waals surface area contributed by atoms with Gasteiger partial charge in [0.2, 0.25) is 0 Å². The highest BCUT2D eigenvalue weighted by Crippen LogP contribution is 2.25. The lowest BCUT2D eigenvalue weighted by Crippen LogP contribution is -2.36. The van der Waals surface area contributed by atoms with Crippen LogP contribution in [0.2, 0.25) is 0 Å². The Balaban J connectivity index is 1.86. The van der Waals surface area contributed by atoms with Crippen molar-refractivity contribution in [3.8, 4) is 0 Å². The number of aromatic carboxylic acids is 1. The van der Waals surface area contributed by atoms with Crippen LogP contribution in [0, 0.1) is 0 Å². The van der Waals surface area contributed by atoms with Crippen LogP contribution in [0.25, 0.3) is 0 Å². The summed E-state index contributed by atoms with van der Waals surface area (Å²) in [6, 6.07) is 11.0. The first-order valence-corrected chi connectivity index (χ1v) is 10.1. The molecular weight excluding hydrogens is 424 g/mol. The Kier molecular flexibility index (Phi) is 5.49. The standard InChI is InChI=1S/C17H17BrN2O5S/c18-16-5-4-14(11-15(16)17(21)22)26(23,24)19-12-2-1-3-13(10-12)20-6-8-25-9-7-20/h1-5,10-11,19H,6-9H2,(H,21,22). The Morgan fingerprint density at radius 2 is 1.88 bits per heavy atom. The molecule has 1 fully saturated rings. The molecule has 0 atom stereocenters. The van der Waals surface area contributed by atoms with E-state index >= 15 is 0 Å². The average molecular weight is 441 g/mol. The highest BCUT2D eigenvalue weighted by molar-refractivity contribution is 9.10. The Morgan fingerprint density at radius 1 is 1.15 bits per heavy atom. The predicted octanol–water partition coefficient (Wildman–Crippen LogP) is 2.78. The number of anilines is 2. The number of halogens is 1. The number of carboxylic acids is 1. The third-order valence-corrected chi connectivity index (χ3v) is 6.02. The number of hydrogen-bond donors (Lipinski definition) is 2. The molecule has 0 radical (unpaired) electrons. The van der Waals surface area contributed by atoms with E-state index < -0.39 is 16.0 Å². The average Bonchev–Trinajstić information content (AvgIpc) is 2.62. The first kappa shape index (κ1) is 18.7. The van der Waals surface area contributed by atoms with E-state index in [-0.39, 0.29) is 10.5 Å². The molecule has 1 aliphatic heterocycles. The molecule has 7 nitrogen and oxygen atoms in total. The summed E-state index contributed by atoms with van der Waals surface area (Å²) in [6.45, 7) is 2.75. The van der Waals surface area contributed by atoms with Crippen molar-refractivity contribution in [3.63, 3.8) is 0 Å². The van der Waals surface area contributed by atoms with E-state index in [1.807, 2.05) is 6.07 Å². The van der Waals surface area contributed by atoms with Crippen molar-refractivity contribution in [3.05, 3.63) is 52.5 Å². The van der Waals surface area contributed by atoms with Crippen LogP contribution in [0.3, 0.4) is 0 Å². The maximum Gasteiger partial charge on any atom is 0.336 e. The minimum Gasteiger partial charge on any atom is -0.478 e. The molecule has 9 heteroatoms. The number of rotatable bonds is 5. The van der Waals surface area contributed by atoms with Gasteiger partial charge >= 0.3 is 5.97 Å². The SMILES string of the molecule is O=C(O)c1cc(S(=O)(=O)Nc2cccc(N3CCOCC3)c2)ccc1Br. The van der Waals surface area contributed by atoms with E-state index in [4.69, 9.17) is 9.84 Å². The summed E-state index contributed by atoms with van der Waals surface area (Å²) >= 11 is 3.11. The van der Waals surface area contributed by atoms with Gasteiger partial charge < -0.3 is 14.7 Å². The Hall–Kier alpha value is -2.10. The molecule has 1 heterocycles. The number of morpholine rings is 1. The number of carbonyl (C=O) groups is 1. The van der Waals surface area contributed by atoms with Gasteiger partial charge in [-0.25, -0.2) is 13.2 Å². The lowest BCUT2D eigenvalue weighted by molar-refractivity contribution is 0.0695. The zero-order valence-electron chi connectivity index (χ0n) is 13.7. The van der Waals surface area contributed by atoms with Crippen molar-refractivity contribution >= 4 is 43.3 Å². The van der Waals surface area contributed by atoms with Crippen LogP contribution < -0.4 is 9.62 Å². The summed E-state index contributed by atoms with van der Waals surface area (Å²) in [7, 11) is -3.91. The number of carboxylic acid groups (broad SMARTS) is 1. The van der Waals surface area contributed by atoms with E-state index in [2.05, 4.69) is 25.6 Å². The van der Waals surface area contributed by atoms with Crippen molar-refractivity contribution in [1.29, 1.82) is 0 Å². The molecule has 2 aromatic rings. The molecule has 2 N–H and O–H groups in total. The zero-order valence-corrected chi connectivity index (χ0v) is 16.1. The molecule has 1 aliphatic rings. The van der Waals surface area contributed by atoms with Gasteiger partial charge in [-0.3, -0.25) is 4.72 Å². The van der Waals surface area contributed by atoms with Gasteiger partial charge in [0.25, 0.3) is 10.0 Å². The lowest BCUT2D eigenvalue weighted by Gasteiger charge is -2.29. The summed E-state index contributed by atoms with van der Waals surface area (Å²) in [5, 5.41) is 9.17. The number of hydrogen-bond acceptors (Lipinski definition) is 5. The van der Waals surface area contributed by atoms with Gasteiger partial charge in [-0.1, -0.05) is 6.07 Å². The maximum absolute atomic E-state index is 12.6. The summed E-state index contributed by atoms with van der Waals surface area (Å²) in [5.41, 5.74) is 1.19. The number of ether oxygens (including phenoxy) is 1. The smallest absolute Gasteiger partial charge is 0.336 e. The van der Waals surface area contributed by atoms with E-state index in [0.717, 1.165) is 24.8 Å². The first-order chi connectivity index (χ1) is 12.4. The van der Waals surface area contributed by atoms with Crippen LogP contribution in [0.1, 0.15) is 10.4 Å². The van der Waals surface area contributed by atoms with Crippen LogP contribution in [0.5, 0.6) is 0 Å². The minimum absolute atomic E-state index is 0.116. The fraction of sp³-hybridized carbons (Fsp3) is 0.235. The molecule has 138 valence electrons. The normalized spacial score (nSPS) is 14.9.